The highest BCUT2D eigenvalue weighted by Crippen LogP contribution is 2.08. The maximum atomic E-state index is 11.5. The van der Waals surface area contributed by atoms with Crippen molar-refractivity contribution in [3.63, 3.8) is 0 Å². The van der Waals surface area contributed by atoms with E-state index in [-0.39, 0.29) is 18.9 Å². The van der Waals surface area contributed by atoms with Gasteiger partial charge >= 0.3 is 5.97 Å². The van der Waals surface area contributed by atoms with Crippen LogP contribution in [-0.4, -0.2) is 30.0 Å². The van der Waals surface area contributed by atoms with Crippen molar-refractivity contribution < 1.29 is 14.3 Å². The van der Waals surface area contributed by atoms with Gasteiger partial charge in [0.05, 0.1) is 17.1 Å². The average molecular weight is 284 g/mol. The smallest absolute Gasteiger partial charge is 0.312 e. The van der Waals surface area contributed by atoms with Gasteiger partial charge in [0.25, 0.3) is 5.91 Å². The number of unbranched alkanes of at least 4 members (excludes halogenated alkanes) is 2. The molecule has 1 amide bonds. The van der Waals surface area contributed by atoms with E-state index in [0.717, 1.165) is 24.3 Å². The summed E-state index contributed by atoms with van der Waals surface area (Å²) in [6.45, 7) is 4.40. The molecule has 0 aliphatic heterocycles. The fourth-order valence-corrected chi connectivity index (χ4v) is 2.10. The zero-order valence-electron chi connectivity index (χ0n) is 11.4. The van der Waals surface area contributed by atoms with Crippen LogP contribution in [0, 0.1) is 6.92 Å². The minimum atomic E-state index is -0.422. The van der Waals surface area contributed by atoms with Crippen molar-refractivity contribution in [3.8, 4) is 0 Å². The Morgan fingerprint density at radius 1 is 1.42 bits per heavy atom. The Hall–Kier alpha value is -1.43. The number of thiazole rings is 1. The molecule has 1 rings (SSSR count). The van der Waals surface area contributed by atoms with Crippen molar-refractivity contribution in [1.82, 2.24) is 10.3 Å². The van der Waals surface area contributed by atoms with Crippen LogP contribution < -0.4 is 5.32 Å². The molecule has 0 atom stereocenters. The minimum Gasteiger partial charge on any atom is -0.455 e. The van der Waals surface area contributed by atoms with Crippen LogP contribution in [-0.2, 0) is 20.7 Å². The Morgan fingerprint density at radius 2 is 2.21 bits per heavy atom. The maximum absolute atomic E-state index is 11.5. The average Bonchev–Trinajstić information content (AvgIpc) is 2.77. The molecule has 5 nitrogen and oxygen atoms in total. The van der Waals surface area contributed by atoms with Gasteiger partial charge in [-0.1, -0.05) is 19.8 Å². The molecule has 1 N–H and O–H groups in total. The van der Waals surface area contributed by atoms with Gasteiger partial charge in [0.1, 0.15) is 0 Å². The summed E-state index contributed by atoms with van der Waals surface area (Å²) in [5, 5.41) is 5.45. The second-order valence-electron chi connectivity index (χ2n) is 4.25. The molecule has 0 radical (unpaired) electrons. The Kier molecular flexibility index (Phi) is 7.10. The van der Waals surface area contributed by atoms with E-state index in [1.54, 1.807) is 0 Å². The lowest BCUT2D eigenvalue weighted by Crippen LogP contribution is -2.29. The summed E-state index contributed by atoms with van der Waals surface area (Å²) in [7, 11) is 0. The van der Waals surface area contributed by atoms with Gasteiger partial charge in [0, 0.05) is 11.9 Å². The van der Waals surface area contributed by atoms with E-state index in [4.69, 9.17) is 4.74 Å². The molecule has 1 heterocycles. The standard InChI is InChI=1S/C13H20N2O3S/c1-3-4-5-6-14-12(16)8-18-13(17)7-11-9-19-10(2)15-11/h9H,3-8H2,1-2H3,(H,14,16). The van der Waals surface area contributed by atoms with Gasteiger partial charge in [0.2, 0.25) is 0 Å². The van der Waals surface area contributed by atoms with Crippen LogP contribution in [0.25, 0.3) is 0 Å². The monoisotopic (exact) mass is 284 g/mol. The van der Waals surface area contributed by atoms with Crippen molar-refractivity contribution in [1.29, 1.82) is 0 Å². The van der Waals surface area contributed by atoms with Crippen LogP contribution in [0.15, 0.2) is 5.38 Å². The largest absolute Gasteiger partial charge is 0.455 e. The third-order valence-corrected chi connectivity index (χ3v) is 3.28. The lowest BCUT2D eigenvalue weighted by molar-refractivity contribution is -0.147. The summed E-state index contributed by atoms with van der Waals surface area (Å²) in [4.78, 5) is 27.0. The number of hydrogen-bond donors (Lipinski definition) is 1. The first-order chi connectivity index (χ1) is 9.11. The number of aromatic nitrogens is 1. The lowest BCUT2D eigenvalue weighted by atomic mass is 10.2. The number of hydrogen-bond acceptors (Lipinski definition) is 5. The van der Waals surface area contributed by atoms with Crippen LogP contribution in [0.4, 0.5) is 0 Å². The number of amides is 1. The number of carbonyl (C=O) groups excluding carboxylic acids is 2. The normalized spacial score (nSPS) is 10.2. The first-order valence-electron chi connectivity index (χ1n) is 6.45. The predicted molar refractivity (Wildman–Crippen MR) is 74.0 cm³/mol. The molecular formula is C13H20N2O3S. The van der Waals surface area contributed by atoms with Crippen molar-refractivity contribution >= 4 is 23.2 Å². The number of ether oxygens (including phenoxy) is 1. The molecule has 0 saturated carbocycles. The fourth-order valence-electron chi connectivity index (χ4n) is 1.49. The van der Waals surface area contributed by atoms with Crippen LogP contribution in [0.1, 0.15) is 36.9 Å². The summed E-state index contributed by atoms with van der Waals surface area (Å²) < 4.78 is 4.89. The highest BCUT2D eigenvalue weighted by atomic mass is 32.1. The second kappa shape index (κ2) is 8.63. The Balaban J connectivity index is 2.14. The number of nitrogens with one attached hydrogen (secondary N) is 1. The first-order valence-corrected chi connectivity index (χ1v) is 7.33. The topological polar surface area (TPSA) is 68.3 Å². The summed E-state index contributed by atoms with van der Waals surface area (Å²) in [6.07, 6.45) is 3.27. The Bertz CT molecular complexity index is 418. The molecule has 0 aliphatic carbocycles. The summed E-state index contributed by atoms with van der Waals surface area (Å²) in [5.41, 5.74) is 0.691. The van der Waals surface area contributed by atoms with E-state index in [1.807, 2.05) is 12.3 Å². The van der Waals surface area contributed by atoms with Crippen molar-refractivity contribution in [3.05, 3.63) is 16.1 Å². The molecule has 0 spiro atoms. The van der Waals surface area contributed by atoms with E-state index < -0.39 is 5.97 Å². The third kappa shape index (κ3) is 6.91. The molecule has 0 saturated heterocycles. The predicted octanol–water partition coefficient (Wildman–Crippen LogP) is 1.84. The molecule has 106 valence electrons. The summed E-state index contributed by atoms with van der Waals surface area (Å²) >= 11 is 1.49. The number of rotatable bonds is 8. The first kappa shape index (κ1) is 15.6. The third-order valence-electron chi connectivity index (χ3n) is 2.46. The highest BCUT2D eigenvalue weighted by Gasteiger charge is 2.10. The van der Waals surface area contributed by atoms with Gasteiger partial charge in [-0.15, -0.1) is 11.3 Å². The molecule has 0 bridgehead atoms. The van der Waals surface area contributed by atoms with Gasteiger partial charge in [0.15, 0.2) is 6.61 Å². The lowest BCUT2D eigenvalue weighted by Gasteiger charge is -2.05. The van der Waals surface area contributed by atoms with Crippen LogP contribution in [0.3, 0.4) is 0 Å². The highest BCUT2D eigenvalue weighted by molar-refractivity contribution is 7.09. The van der Waals surface area contributed by atoms with E-state index in [9.17, 15) is 9.59 Å². The van der Waals surface area contributed by atoms with Gasteiger partial charge in [-0.3, -0.25) is 9.59 Å². The summed E-state index contributed by atoms with van der Waals surface area (Å²) in [5.74, 6) is -0.673. The van der Waals surface area contributed by atoms with Crippen LogP contribution in [0.2, 0.25) is 0 Å². The van der Waals surface area contributed by atoms with E-state index in [0.29, 0.717) is 12.2 Å². The molecule has 1 aromatic rings. The van der Waals surface area contributed by atoms with Crippen molar-refractivity contribution in [2.75, 3.05) is 13.2 Å². The number of carbonyl (C=O) groups is 2. The maximum Gasteiger partial charge on any atom is 0.312 e. The minimum absolute atomic E-state index is 0.119. The van der Waals surface area contributed by atoms with E-state index in [1.165, 1.54) is 11.3 Å². The molecule has 0 aliphatic rings. The SMILES string of the molecule is CCCCCNC(=O)COC(=O)Cc1csc(C)n1. The Labute approximate surface area is 117 Å². The van der Waals surface area contributed by atoms with E-state index >= 15 is 0 Å². The van der Waals surface area contributed by atoms with Gasteiger partial charge in [-0.25, -0.2) is 4.98 Å². The zero-order valence-corrected chi connectivity index (χ0v) is 12.2. The fraction of sp³-hybridized carbons (Fsp3) is 0.615. The molecule has 19 heavy (non-hydrogen) atoms. The Morgan fingerprint density at radius 3 is 2.84 bits per heavy atom. The molecule has 0 unspecified atom stereocenters. The van der Waals surface area contributed by atoms with Gasteiger partial charge < -0.3 is 10.1 Å². The summed E-state index contributed by atoms with van der Waals surface area (Å²) in [6, 6.07) is 0. The molecule has 0 fully saturated rings. The van der Waals surface area contributed by atoms with Crippen molar-refractivity contribution in [2.45, 2.75) is 39.5 Å². The number of nitrogens with zero attached hydrogens (tertiary/aromatic N) is 1. The second-order valence-corrected chi connectivity index (χ2v) is 5.31. The van der Waals surface area contributed by atoms with Crippen LogP contribution in [0.5, 0.6) is 0 Å². The quantitative estimate of drug-likeness (QED) is 0.584. The van der Waals surface area contributed by atoms with Gasteiger partial charge in [-0.2, -0.15) is 0 Å². The van der Waals surface area contributed by atoms with Crippen molar-refractivity contribution in [2.24, 2.45) is 0 Å². The zero-order chi connectivity index (χ0) is 14.1. The van der Waals surface area contributed by atoms with E-state index in [2.05, 4.69) is 17.2 Å². The molecule has 6 heteroatoms. The van der Waals surface area contributed by atoms with Gasteiger partial charge in [-0.05, 0) is 13.3 Å². The molecular weight excluding hydrogens is 264 g/mol. The van der Waals surface area contributed by atoms with Crippen LogP contribution >= 0.6 is 11.3 Å². The molecule has 0 aromatic carbocycles. The number of aryl methyl sites for hydroxylation is 1. The molecule has 1 aromatic heterocycles. The number of esters is 1.